The van der Waals surface area contributed by atoms with Gasteiger partial charge in [0.15, 0.2) is 0 Å². The second-order valence-corrected chi connectivity index (χ2v) is 6.69. The van der Waals surface area contributed by atoms with Crippen molar-refractivity contribution in [3.63, 3.8) is 0 Å². The Labute approximate surface area is 155 Å². The standard InChI is InChI=1S/C15H18ClNOS.C2H2O4/c1-17(2)10-9-14(15-4-3-11-19-15)18-13-7-5-12(16)6-8-13;3-1(4)2(5)6/h3-8,11,14H,9-10H2,1-2H3;(H,3,4)(H,5,6). The van der Waals surface area contributed by atoms with Gasteiger partial charge in [-0.2, -0.15) is 0 Å². The molecule has 2 N–H and O–H groups in total. The molecule has 8 heteroatoms. The van der Waals surface area contributed by atoms with Crippen LogP contribution >= 0.6 is 22.9 Å². The van der Waals surface area contributed by atoms with Gasteiger partial charge in [0.05, 0.1) is 0 Å². The summed E-state index contributed by atoms with van der Waals surface area (Å²) in [5.41, 5.74) is 0. The van der Waals surface area contributed by atoms with E-state index in [4.69, 9.17) is 36.1 Å². The molecule has 1 aromatic heterocycles. The van der Waals surface area contributed by atoms with Gasteiger partial charge in [-0.15, -0.1) is 11.3 Å². The molecule has 0 bridgehead atoms. The maximum Gasteiger partial charge on any atom is 0.414 e. The van der Waals surface area contributed by atoms with Gasteiger partial charge in [-0.3, -0.25) is 0 Å². The molecule has 0 aliphatic heterocycles. The van der Waals surface area contributed by atoms with Gasteiger partial charge in [-0.05, 0) is 49.8 Å². The summed E-state index contributed by atoms with van der Waals surface area (Å²) in [4.78, 5) is 21.6. The first-order chi connectivity index (χ1) is 11.8. The molecule has 0 aliphatic rings. The number of hydrogen-bond donors (Lipinski definition) is 2. The number of thiophene rings is 1. The fourth-order valence-corrected chi connectivity index (χ4v) is 2.70. The van der Waals surface area contributed by atoms with Gasteiger partial charge in [0.2, 0.25) is 0 Å². The quantitative estimate of drug-likeness (QED) is 0.738. The highest BCUT2D eigenvalue weighted by molar-refractivity contribution is 7.10. The zero-order valence-corrected chi connectivity index (χ0v) is 15.5. The fourth-order valence-electron chi connectivity index (χ4n) is 1.79. The van der Waals surface area contributed by atoms with Crippen LogP contribution in [0.4, 0.5) is 0 Å². The molecule has 0 spiro atoms. The topological polar surface area (TPSA) is 87.1 Å². The van der Waals surface area contributed by atoms with E-state index in [0.717, 1.165) is 23.7 Å². The summed E-state index contributed by atoms with van der Waals surface area (Å²) in [5, 5.41) is 17.6. The highest BCUT2D eigenvalue weighted by Crippen LogP contribution is 2.28. The van der Waals surface area contributed by atoms with Gasteiger partial charge in [0.25, 0.3) is 0 Å². The van der Waals surface area contributed by atoms with E-state index in [1.54, 1.807) is 11.3 Å². The van der Waals surface area contributed by atoms with Crippen LogP contribution in [-0.4, -0.2) is 47.7 Å². The zero-order chi connectivity index (χ0) is 18.8. The lowest BCUT2D eigenvalue weighted by molar-refractivity contribution is -0.159. The lowest BCUT2D eigenvalue weighted by atomic mass is 10.2. The number of hydrogen-bond acceptors (Lipinski definition) is 5. The Morgan fingerprint density at radius 2 is 1.76 bits per heavy atom. The number of rotatable bonds is 6. The maximum absolute atomic E-state index is 9.10. The Hall–Kier alpha value is -2.09. The second-order valence-electron chi connectivity index (χ2n) is 5.28. The van der Waals surface area contributed by atoms with Gasteiger partial charge >= 0.3 is 11.9 Å². The molecule has 0 amide bonds. The number of ether oxygens (including phenoxy) is 1. The first-order valence-electron chi connectivity index (χ1n) is 7.36. The van der Waals surface area contributed by atoms with Gasteiger partial charge in [0.1, 0.15) is 11.9 Å². The van der Waals surface area contributed by atoms with Crippen LogP contribution in [0, 0.1) is 0 Å². The van der Waals surface area contributed by atoms with Crippen LogP contribution in [0.1, 0.15) is 17.4 Å². The van der Waals surface area contributed by atoms with Gasteiger partial charge in [-0.25, -0.2) is 9.59 Å². The van der Waals surface area contributed by atoms with E-state index in [-0.39, 0.29) is 6.10 Å². The molecule has 1 aromatic carbocycles. The molecule has 1 atom stereocenters. The highest BCUT2D eigenvalue weighted by Gasteiger charge is 2.15. The second kappa shape index (κ2) is 10.7. The summed E-state index contributed by atoms with van der Waals surface area (Å²) in [6, 6.07) is 11.7. The fraction of sp³-hybridized carbons (Fsp3) is 0.294. The van der Waals surface area contributed by atoms with Crippen molar-refractivity contribution in [1.82, 2.24) is 4.90 Å². The molecule has 25 heavy (non-hydrogen) atoms. The number of halogens is 1. The minimum atomic E-state index is -1.82. The number of benzene rings is 1. The molecule has 136 valence electrons. The largest absolute Gasteiger partial charge is 0.485 e. The number of aliphatic carboxylic acids is 2. The molecular weight excluding hydrogens is 366 g/mol. The number of carboxylic acid groups (broad SMARTS) is 2. The highest BCUT2D eigenvalue weighted by atomic mass is 35.5. The van der Waals surface area contributed by atoms with Gasteiger partial charge < -0.3 is 19.8 Å². The summed E-state index contributed by atoms with van der Waals surface area (Å²) in [7, 11) is 4.15. The zero-order valence-electron chi connectivity index (χ0n) is 13.9. The van der Waals surface area contributed by atoms with E-state index >= 15 is 0 Å². The van der Waals surface area contributed by atoms with Crippen molar-refractivity contribution in [1.29, 1.82) is 0 Å². The predicted molar refractivity (Wildman–Crippen MR) is 97.6 cm³/mol. The third-order valence-corrected chi connectivity index (χ3v) is 4.19. The van der Waals surface area contributed by atoms with Crippen LogP contribution in [0.3, 0.4) is 0 Å². The van der Waals surface area contributed by atoms with E-state index in [2.05, 4.69) is 36.5 Å². The van der Waals surface area contributed by atoms with Crippen molar-refractivity contribution < 1.29 is 24.5 Å². The minimum Gasteiger partial charge on any atom is -0.485 e. The van der Waals surface area contributed by atoms with Crippen LogP contribution in [0.2, 0.25) is 5.02 Å². The summed E-state index contributed by atoms with van der Waals surface area (Å²) < 4.78 is 6.09. The van der Waals surface area contributed by atoms with Crippen LogP contribution < -0.4 is 4.74 Å². The summed E-state index contributed by atoms with van der Waals surface area (Å²) in [6.45, 7) is 0.996. The van der Waals surface area contributed by atoms with Gasteiger partial charge in [-0.1, -0.05) is 17.7 Å². The normalized spacial score (nSPS) is 11.4. The van der Waals surface area contributed by atoms with Crippen LogP contribution in [0.25, 0.3) is 0 Å². The van der Waals surface area contributed by atoms with E-state index in [0.29, 0.717) is 0 Å². The molecular formula is C17H20ClNO5S. The van der Waals surface area contributed by atoms with Crippen LogP contribution in [-0.2, 0) is 9.59 Å². The smallest absolute Gasteiger partial charge is 0.414 e. The molecule has 0 saturated carbocycles. The van der Waals surface area contributed by atoms with Crippen LogP contribution in [0.15, 0.2) is 41.8 Å². The lowest BCUT2D eigenvalue weighted by Crippen LogP contribution is -2.18. The number of carboxylic acids is 2. The van der Waals surface area contributed by atoms with Gasteiger partial charge in [0, 0.05) is 22.9 Å². The molecule has 0 aliphatic carbocycles. The molecule has 0 fully saturated rings. The van der Waals surface area contributed by atoms with Crippen molar-refractivity contribution in [2.45, 2.75) is 12.5 Å². The summed E-state index contributed by atoms with van der Waals surface area (Å²) in [5.74, 6) is -2.79. The molecule has 2 rings (SSSR count). The van der Waals surface area contributed by atoms with Crippen molar-refractivity contribution in [2.24, 2.45) is 0 Å². The Morgan fingerprint density at radius 1 is 1.16 bits per heavy atom. The average molecular weight is 386 g/mol. The van der Waals surface area contributed by atoms with Crippen molar-refractivity contribution in [3.05, 3.63) is 51.7 Å². The first kappa shape index (κ1) is 21.0. The minimum absolute atomic E-state index is 0.101. The Kier molecular flexibility index (Phi) is 8.98. The van der Waals surface area contributed by atoms with E-state index in [1.807, 2.05) is 24.3 Å². The van der Waals surface area contributed by atoms with Crippen molar-refractivity contribution in [2.75, 3.05) is 20.6 Å². The number of carbonyl (C=O) groups is 2. The van der Waals surface area contributed by atoms with Crippen LogP contribution in [0.5, 0.6) is 5.75 Å². The van der Waals surface area contributed by atoms with E-state index < -0.39 is 11.9 Å². The Balaban J connectivity index is 0.000000450. The van der Waals surface area contributed by atoms with E-state index in [9.17, 15) is 0 Å². The van der Waals surface area contributed by atoms with E-state index in [1.165, 1.54) is 4.88 Å². The number of nitrogens with zero attached hydrogens (tertiary/aromatic N) is 1. The van der Waals surface area contributed by atoms with Crippen molar-refractivity contribution >= 4 is 34.9 Å². The summed E-state index contributed by atoms with van der Waals surface area (Å²) >= 11 is 7.63. The Bertz CT molecular complexity index is 646. The SMILES string of the molecule is CN(C)CCC(Oc1ccc(Cl)cc1)c1cccs1.O=C(O)C(=O)O. The average Bonchev–Trinajstić information content (AvgIpc) is 3.08. The molecule has 1 heterocycles. The lowest BCUT2D eigenvalue weighted by Gasteiger charge is -2.20. The molecule has 1 unspecified atom stereocenters. The maximum atomic E-state index is 9.10. The molecule has 2 aromatic rings. The van der Waals surface area contributed by atoms with Crippen molar-refractivity contribution in [3.8, 4) is 5.75 Å². The monoisotopic (exact) mass is 385 g/mol. The Morgan fingerprint density at radius 3 is 2.20 bits per heavy atom. The summed E-state index contributed by atoms with van der Waals surface area (Å²) in [6.07, 6.45) is 1.07. The third kappa shape index (κ3) is 8.53. The molecule has 6 nitrogen and oxygen atoms in total. The predicted octanol–water partition coefficient (Wildman–Crippen LogP) is 3.63. The third-order valence-electron chi connectivity index (χ3n) is 2.97. The first-order valence-corrected chi connectivity index (χ1v) is 8.62. The molecule has 0 radical (unpaired) electrons. The molecule has 0 saturated heterocycles.